The maximum absolute atomic E-state index is 12.4. The summed E-state index contributed by atoms with van der Waals surface area (Å²) >= 11 is 0. The van der Waals surface area contributed by atoms with Crippen LogP contribution in [-0.4, -0.2) is 24.5 Å². The standard InChI is InChI=1S/C16H20N2O3/c1-10-4-2-3-5-12(10)18-16(20)11-6-7-14-13(8-11)17-15(19)9-21-14/h6-8,10,12H,2-5,9H2,1H3,(H,17,19)(H,18,20). The van der Waals surface area contributed by atoms with Crippen molar-refractivity contribution in [3.05, 3.63) is 23.8 Å². The molecule has 1 aliphatic heterocycles. The first-order valence-corrected chi connectivity index (χ1v) is 7.51. The number of anilines is 1. The molecule has 0 radical (unpaired) electrons. The van der Waals surface area contributed by atoms with Crippen LogP contribution in [0.5, 0.6) is 5.75 Å². The van der Waals surface area contributed by atoms with E-state index >= 15 is 0 Å². The number of carbonyl (C=O) groups is 2. The van der Waals surface area contributed by atoms with Crippen LogP contribution in [0.4, 0.5) is 5.69 Å². The summed E-state index contributed by atoms with van der Waals surface area (Å²) in [6.07, 6.45) is 4.62. The summed E-state index contributed by atoms with van der Waals surface area (Å²) in [5, 5.41) is 5.83. The minimum absolute atomic E-state index is 0.0259. The van der Waals surface area contributed by atoms with Crippen LogP contribution < -0.4 is 15.4 Å². The average molecular weight is 288 g/mol. The van der Waals surface area contributed by atoms with Crippen molar-refractivity contribution in [1.29, 1.82) is 0 Å². The molecule has 5 nitrogen and oxygen atoms in total. The number of benzene rings is 1. The van der Waals surface area contributed by atoms with Gasteiger partial charge in [-0.15, -0.1) is 0 Å². The lowest BCUT2D eigenvalue weighted by molar-refractivity contribution is -0.118. The van der Waals surface area contributed by atoms with E-state index in [1.807, 2.05) is 0 Å². The third kappa shape index (κ3) is 3.01. The van der Waals surface area contributed by atoms with Gasteiger partial charge < -0.3 is 15.4 Å². The molecular weight excluding hydrogens is 268 g/mol. The number of rotatable bonds is 2. The van der Waals surface area contributed by atoms with Gasteiger partial charge in [0.05, 0.1) is 5.69 Å². The van der Waals surface area contributed by atoms with Crippen molar-refractivity contribution in [3.63, 3.8) is 0 Å². The van der Waals surface area contributed by atoms with E-state index in [1.54, 1.807) is 18.2 Å². The Hall–Kier alpha value is -2.04. The quantitative estimate of drug-likeness (QED) is 0.877. The molecule has 1 saturated carbocycles. The van der Waals surface area contributed by atoms with Gasteiger partial charge in [0, 0.05) is 11.6 Å². The van der Waals surface area contributed by atoms with Crippen LogP contribution in [0.25, 0.3) is 0 Å². The lowest BCUT2D eigenvalue weighted by Crippen LogP contribution is -2.41. The molecule has 0 aromatic heterocycles. The molecule has 21 heavy (non-hydrogen) atoms. The van der Waals surface area contributed by atoms with E-state index in [2.05, 4.69) is 17.6 Å². The molecule has 5 heteroatoms. The van der Waals surface area contributed by atoms with E-state index in [-0.39, 0.29) is 24.5 Å². The number of fused-ring (bicyclic) bond motifs is 1. The summed E-state index contributed by atoms with van der Waals surface area (Å²) in [6, 6.07) is 5.38. The average Bonchev–Trinajstić information content (AvgIpc) is 2.48. The van der Waals surface area contributed by atoms with E-state index in [1.165, 1.54) is 19.3 Å². The van der Waals surface area contributed by atoms with E-state index in [0.29, 0.717) is 22.9 Å². The molecule has 3 rings (SSSR count). The SMILES string of the molecule is CC1CCCCC1NC(=O)c1ccc2c(c1)NC(=O)CO2. The lowest BCUT2D eigenvalue weighted by atomic mass is 9.86. The van der Waals surface area contributed by atoms with Gasteiger partial charge in [-0.3, -0.25) is 9.59 Å². The summed E-state index contributed by atoms with van der Waals surface area (Å²) in [5.41, 5.74) is 1.12. The van der Waals surface area contributed by atoms with Crippen LogP contribution >= 0.6 is 0 Å². The van der Waals surface area contributed by atoms with Crippen LogP contribution in [0, 0.1) is 5.92 Å². The van der Waals surface area contributed by atoms with Gasteiger partial charge in [-0.2, -0.15) is 0 Å². The first kappa shape index (κ1) is 13.9. The Morgan fingerprint density at radius 3 is 2.95 bits per heavy atom. The van der Waals surface area contributed by atoms with Crippen LogP contribution in [0.1, 0.15) is 43.0 Å². The van der Waals surface area contributed by atoms with E-state index < -0.39 is 0 Å². The fraction of sp³-hybridized carbons (Fsp3) is 0.500. The highest BCUT2D eigenvalue weighted by Crippen LogP contribution is 2.29. The van der Waals surface area contributed by atoms with Crippen LogP contribution in [0.2, 0.25) is 0 Å². The van der Waals surface area contributed by atoms with Gasteiger partial charge in [0.25, 0.3) is 11.8 Å². The van der Waals surface area contributed by atoms with Crippen molar-refractivity contribution < 1.29 is 14.3 Å². The van der Waals surface area contributed by atoms with Crippen molar-refractivity contribution in [1.82, 2.24) is 5.32 Å². The third-order valence-electron chi connectivity index (χ3n) is 4.30. The fourth-order valence-corrected chi connectivity index (χ4v) is 3.01. The smallest absolute Gasteiger partial charge is 0.262 e. The predicted molar refractivity (Wildman–Crippen MR) is 79.5 cm³/mol. The van der Waals surface area contributed by atoms with Gasteiger partial charge in [0.15, 0.2) is 6.61 Å². The summed E-state index contributed by atoms with van der Waals surface area (Å²) in [6.45, 7) is 2.21. The number of hydrogen-bond donors (Lipinski definition) is 2. The van der Waals surface area contributed by atoms with Crippen LogP contribution in [-0.2, 0) is 4.79 Å². The molecule has 112 valence electrons. The Morgan fingerprint density at radius 2 is 2.14 bits per heavy atom. The molecule has 2 amide bonds. The van der Waals surface area contributed by atoms with Crippen molar-refractivity contribution in [2.45, 2.75) is 38.6 Å². The molecule has 1 heterocycles. The van der Waals surface area contributed by atoms with E-state index in [0.717, 1.165) is 6.42 Å². The molecular formula is C16H20N2O3. The number of nitrogens with one attached hydrogen (secondary N) is 2. The zero-order chi connectivity index (χ0) is 14.8. The monoisotopic (exact) mass is 288 g/mol. The van der Waals surface area contributed by atoms with Crippen molar-refractivity contribution in [2.75, 3.05) is 11.9 Å². The number of ether oxygens (including phenoxy) is 1. The maximum Gasteiger partial charge on any atom is 0.262 e. The summed E-state index contributed by atoms with van der Waals surface area (Å²) in [7, 11) is 0. The lowest BCUT2D eigenvalue weighted by Gasteiger charge is -2.29. The van der Waals surface area contributed by atoms with Gasteiger partial charge in [-0.1, -0.05) is 19.8 Å². The normalized spacial score (nSPS) is 24.5. The number of carbonyl (C=O) groups excluding carboxylic acids is 2. The van der Waals surface area contributed by atoms with Gasteiger partial charge in [-0.05, 0) is 37.0 Å². The first-order chi connectivity index (χ1) is 10.1. The highest BCUT2D eigenvalue weighted by Gasteiger charge is 2.24. The molecule has 2 N–H and O–H groups in total. The Labute approximate surface area is 124 Å². The highest BCUT2D eigenvalue weighted by atomic mass is 16.5. The van der Waals surface area contributed by atoms with Gasteiger partial charge >= 0.3 is 0 Å². The molecule has 2 unspecified atom stereocenters. The van der Waals surface area contributed by atoms with Gasteiger partial charge in [0.2, 0.25) is 0 Å². The molecule has 0 bridgehead atoms. The number of amides is 2. The zero-order valence-corrected chi connectivity index (χ0v) is 12.1. The second-order valence-electron chi connectivity index (χ2n) is 5.89. The van der Waals surface area contributed by atoms with Crippen LogP contribution in [0.3, 0.4) is 0 Å². The number of hydrogen-bond acceptors (Lipinski definition) is 3. The second-order valence-corrected chi connectivity index (χ2v) is 5.89. The van der Waals surface area contributed by atoms with Crippen molar-refractivity contribution >= 4 is 17.5 Å². The second kappa shape index (κ2) is 5.76. The predicted octanol–water partition coefficient (Wildman–Crippen LogP) is 2.33. The van der Waals surface area contributed by atoms with Gasteiger partial charge in [-0.25, -0.2) is 0 Å². The molecule has 0 saturated heterocycles. The summed E-state index contributed by atoms with van der Waals surface area (Å²) in [4.78, 5) is 23.7. The van der Waals surface area contributed by atoms with Gasteiger partial charge in [0.1, 0.15) is 5.75 Å². The molecule has 1 fully saturated rings. The van der Waals surface area contributed by atoms with Crippen LogP contribution in [0.15, 0.2) is 18.2 Å². The Kier molecular flexibility index (Phi) is 3.82. The topological polar surface area (TPSA) is 67.4 Å². The van der Waals surface area contributed by atoms with Crippen molar-refractivity contribution in [2.24, 2.45) is 5.92 Å². The molecule has 2 atom stereocenters. The minimum Gasteiger partial charge on any atom is -0.482 e. The molecule has 2 aliphatic rings. The minimum atomic E-state index is -0.194. The highest BCUT2D eigenvalue weighted by molar-refractivity contribution is 5.99. The Bertz CT molecular complexity index is 571. The van der Waals surface area contributed by atoms with Crippen molar-refractivity contribution in [3.8, 4) is 5.75 Å². The third-order valence-corrected chi connectivity index (χ3v) is 4.30. The molecule has 0 spiro atoms. The summed E-state index contributed by atoms with van der Waals surface area (Å²) < 4.78 is 5.29. The Balaban J connectivity index is 1.72. The maximum atomic E-state index is 12.4. The Morgan fingerprint density at radius 1 is 1.33 bits per heavy atom. The van der Waals surface area contributed by atoms with E-state index in [9.17, 15) is 9.59 Å². The molecule has 1 aromatic rings. The first-order valence-electron chi connectivity index (χ1n) is 7.51. The summed E-state index contributed by atoms with van der Waals surface area (Å²) in [5.74, 6) is 0.845. The molecule has 1 aliphatic carbocycles. The largest absolute Gasteiger partial charge is 0.482 e. The molecule has 1 aromatic carbocycles. The fourth-order valence-electron chi connectivity index (χ4n) is 3.01. The van der Waals surface area contributed by atoms with E-state index in [4.69, 9.17) is 4.74 Å². The zero-order valence-electron chi connectivity index (χ0n) is 12.1.